The Morgan fingerprint density at radius 1 is 1.16 bits per heavy atom. The Morgan fingerprint density at radius 2 is 1.92 bits per heavy atom. The molecule has 0 aliphatic carbocycles. The van der Waals surface area contributed by atoms with Crippen molar-refractivity contribution in [2.45, 2.75) is 19.8 Å². The van der Waals surface area contributed by atoms with E-state index in [9.17, 15) is 4.79 Å². The fourth-order valence-corrected chi connectivity index (χ4v) is 2.62. The van der Waals surface area contributed by atoms with Crippen molar-refractivity contribution in [2.75, 3.05) is 12.4 Å². The average Bonchev–Trinajstić information content (AvgIpc) is 3.09. The summed E-state index contributed by atoms with van der Waals surface area (Å²) in [6, 6.07) is 15.7. The topological polar surface area (TPSA) is 64.4 Å². The van der Waals surface area contributed by atoms with E-state index in [1.807, 2.05) is 55.5 Å². The van der Waals surface area contributed by atoms with E-state index in [0.29, 0.717) is 18.7 Å². The van der Waals surface area contributed by atoms with Crippen molar-refractivity contribution in [1.29, 1.82) is 0 Å². The highest BCUT2D eigenvalue weighted by Gasteiger charge is 2.14. The summed E-state index contributed by atoms with van der Waals surface area (Å²) in [4.78, 5) is 12.3. The molecule has 0 saturated carbocycles. The van der Waals surface area contributed by atoms with Crippen LogP contribution in [0.2, 0.25) is 0 Å². The van der Waals surface area contributed by atoms with Crippen LogP contribution in [-0.4, -0.2) is 18.2 Å². The van der Waals surface area contributed by atoms with Gasteiger partial charge in [0, 0.05) is 6.42 Å². The molecule has 3 aromatic rings. The molecule has 0 bridgehead atoms. The quantitative estimate of drug-likeness (QED) is 0.731. The second kappa shape index (κ2) is 7.66. The van der Waals surface area contributed by atoms with Crippen molar-refractivity contribution >= 4 is 11.8 Å². The van der Waals surface area contributed by atoms with E-state index in [1.54, 1.807) is 13.3 Å². The van der Waals surface area contributed by atoms with Gasteiger partial charge in [-0.3, -0.25) is 10.1 Å². The van der Waals surface area contributed by atoms with E-state index in [0.717, 1.165) is 22.4 Å². The van der Waals surface area contributed by atoms with Crippen LogP contribution in [-0.2, 0) is 11.2 Å². The average molecular weight is 336 g/mol. The lowest BCUT2D eigenvalue weighted by Gasteiger charge is -2.08. The lowest BCUT2D eigenvalue weighted by molar-refractivity contribution is -0.116. The molecule has 0 spiro atoms. The lowest BCUT2D eigenvalue weighted by atomic mass is 10.1. The first-order chi connectivity index (χ1) is 12.2. The number of carbonyl (C=O) groups is 1. The van der Waals surface area contributed by atoms with Gasteiger partial charge in [-0.05, 0) is 30.5 Å². The maximum atomic E-state index is 12.3. The van der Waals surface area contributed by atoms with Crippen LogP contribution in [0.1, 0.15) is 17.5 Å². The third kappa shape index (κ3) is 4.07. The van der Waals surface area contributed by atoms with E-state index in [1.165, 1.54) is 5.56 Å². The molecular weight excluding hydrogens is 316 g/mol. The van der Waals surface area contributed by atoms with Crippen LogP contribution in [0.25, 0.3) is 11.1 Å². The maximum absolute atomic E-state index is 12.3. The highest BCUT2D eigenvalue weighted by Crippen LogP contribution is 2.28. The number of benzene rings is 2. The Bertz CT molecular complexity index is 853. The number of rotatable bonds is 6. The molecule has 1 N–H and O–H groups in total. The van der Waals surface area contributed by atoms with Crippen LogP contribution in [0.4, 0.5) is 5.88 Å². The first kappa shape index (κ1) is 16.8. The molecule has 0 radical (unpaired) electrons. The molecule has 5 nitrogen and oxygen atoms in total. The zero-order valence-electron chi connectivity index (χ0n) is 14.3. The molecule has 0 unspecified atom stereocenters. The van der Waals surface area contributed by atoms with E-state index in [-0.39, 0.29) is 5.91 Å². The number of methoxy groups -OCH3 is 1. The first-order valence-corrected chi connectivity index (χ1v) is 8.11. The molecule has 3 rings (SSSR count). The number of para-hydroxylation sites is 1. The summed E-state index contributed by atoms with van der Waals surface area (Å²) in [5, 5.41) is 6.61. The Hall–Kier alpha value is -3.08. The third-order valence-electron chi connectivity index (χ3n) is 4.00. The second-order valence-electron chi connectivity index (χ2n) is 5.79. The first-order valence-electron chi connectivity index (χ1n) is 8.11. The minimum absolute atomic E-state index is 0.129. The number of nitrogens with one attached hydrogen (secondary N) is 1. The van der Waals surface area contributed by atoms with E-state index in [4.69, 9.17) is 9.26 Å². The van der Waals surface area contributed by atoms with Gasteiger partial charge in [0.1, 0.15) is 5.75 Å². The maximum Gasteiger partial charge on any atom is 0.239 e. The van der Waals surface area contributed by atoms with Gasteiger partial charge in [-0.25, -0.2) is 0 Å². The van der Waals surface area contributed by atoms with Crippen molar-refractivity contribution in [2.24, 2.45) is 0 Å². The van der Waals surface area contributed by atoms with Crippen LogP contribution < -0.4 is 10.1 Å². The van der Waals surface area contributed by atoms with Crippen molar-refractivity contribution in [3.8, 4) is 16.9 Å². The summed E-state index contributed by atoms with van der Waals surface area (Å²) in [5.74, 6) is 1.03. The molecule has 1 amide bonds. The van der Waals surface area contributed by atoms with Crippen molar-refractivity contribution in [1.82, 2.24) is 5.16 Å². The molecule has 1 heterocycles. The van der Waals surface area contributed by atoms with Gasteiger partial charge in [0.2, 0.25) is 11.8 Å². The van der Waals surface area contributed by atoms with Gasteiger partial charge >= 0.3 is 0 Å². The van der Waals surface area contributed by atoms with E-state index < -0.39 is 0 Å². The zero-order valence-corrected chi connectivity index (χ0v) is 14.3. The number of aromatic nitrogens is 1. The molecule has 128 valence electrons. The minimum atomic E-state index is -0.129. The lowest BCUT2D eigenvalue weighted by Crippen LogP contribution is -2.12. The molecule has 5 heteroatoms. The summed E-state index contributed by atoms with van der Waals surface area (Å²) >= 11 is 0. The van der Waals surface area contributed by atoms with Gasteiger partial charge in [0.25, 0.3) is 0 Å². The standard InChI is InChI=1S/C20H20N2O3/c1-14-7-9-15(10-8-14)17-13-21-25-20(17)22-19(23)12-11-16-5-3-4-6-18(16)24-2/h3-10,13H,11-12H2,1-2H3,(H,22,23). The number of carbonyl (C=O) groups excluding carboxylic acids is 1. The Labute approximate surface area is 146 Å². The molecule has 25 heavy (non-hydrogen) atoms. The molecule has 0 atom stereocenters. The number of hydrogen-bond donors (Lipinski definition) is 1. The molecule has 0 aliphatic rings. The van der Waals surface area contributed by atoms with Crippen molar-refractivity contribution in [3.05, 3.63) is 65.9 Å². The number of anilines is 1. The summed E-state index contributed by atoms with van der Waals surface area (Å²) in [6.45, 7) is 2.03. The number of nitrogens with zero attached hydrogens (tertiary/aromatic N) is 1. The van der Waals surface area contributed by atoms with Crippen LogP contribution in [0, 0.1) is 6.92 Å². The number of amides is 1. The van der Waals surface area contributed by atoms with Gasteiger partial charge in [0.05, 0.1) is 18.9 Å². The summed E-state index contributed by atoms with van der Waals surface area (Å²) in [7, 11) is 1.63. The fraction of sp³-hybridized carbons (Fsp3) is 0.200. The predicted octanol–water partition coefficient (Wildman–Crippen LogP) is 4.23. The summed E-state index contributed by atoms with van der Waals surface area (Å²) in [6.07, 6.45) is 2.53. The van der Waals surface area contributed by atoms with Gasteiger partial charge in [-0.2, -0.15) is 0 Å². The number of hydrogen-bond acceptors (Lipinski definition) is 4. The van der Waals surface area contributed by atoms with Gasteiger partial charge in [0.15, 0.2) is 0 Å². The Kier molecular flexibility index (Phi) is 5.14. The van der Waals surface area contributed by atoms with Crippen LogP contribution in [0.3, 0.4) is 0 Å². The molecule has 0 fully saturated rings. The van der Waals surface area contributed by atoms with Crippen LogP contribution in [0.5, 0.6) is 5.75 Å². The molecule has 1 aromatic heterocycles. The monoisotopic (exact) mass is 336 g/mol. The Balaban J connectivity index is 1.66. The van der Waals surface area contributed by atoms with Gasteiger partial charge in [-0.15, -0.1) is 0 Å². The largest absolute Gasteiger partial charge is 0.496 e. The van der Waals surface area contributed by atoms with Crippen LogP contribution in [0.15, 0.2) is 59.3 Å². The van der Waals surface area contributed by atoms with Gasteiger partial charge < -0.3 is 9.26 Å². The zero-order chi connectivity index (χ0) is 17.6. The highest BCUT2D eigenvalue weighted by molar-refractivity contribution is 5.93. The fourth-order valence-electron chi connectivity index (χ4n) is 2.62. The smallest absolute Gasteiger partial charge is 0.239 e. The normalized spacial score (nSPS) is 10.5. The van der Waals surface area contributed by atoms with Crippen LogP contribution >= 0.6 is 0 Å². The Morgan fingerprint density at radius 3 is 2.68 bits per heavy atom. The molecule has 0 aliphatic heterocycles. The van der Waals surface area contributed by atoms with E-state index >= 15 is 0 Å². The second-order valence-corrected chi connectivity index (χ2v) is 5.79. The highest BCUT2D eigenvalue weighted by atomic mass is 16.5. The van der Waals surface area contributed by atoms with Crippen molar-refractivity contribution < 1.29 is 14.1 Å². The third-order valence-corrected chi connectivity index (χ3v) is 4.00. The number of ether oxygens (including phenoxy) is 1. The SMILES string of the molecule is COc1ccccc1CCC(=O)Nc1oncc1-c1ccc(C)cc1. The molecule has 0 saturated heterocycles. The summed E-state index contributed by atoms with van der Waals surface area (Å²) < 4.78 is 10.5. The molecular formula is C20H20N2O3. The predicted molar refractivity (Wildman–Crippen MR) is 96.6 cm³/mol. The minimum Gasteiger partial charge on any atom is -0.496 e. The van der Waals surface area contributed by atoms with E-state index in [2.05, 4.69) is 10.5 Å². The van der Waals surface area contributed by atoms with Crippen molar-refractivity contribution in [3.63, 3.8) is 0 Å². The number of aryl methyl sites for hydroxylation is 2. The summed E-state index contributed by atoms with van der Waals surface area (Å²) in [5.41, 5.74) is 3.89. The molecule has 2 aromatic carbocycles. The van der Waals surface area contributed by atoms with Gasteiger partial charge in [-0.1, -0.05) is 53.2 Å².